The second-order valence-electron chi connectivity index (χ2n) is 6.27. The van der Waals surface area contributed by atoms with Crippen LogP contribution in [-0.4, -0.2) is 55.0 Å². The first-order valence-electron chi connectivity index (χ1n) is 7.88. The number of amides is 1. The summed E-state index contributed by atoms with van der Waals surface area (Å²) < 4.78 is 0. The van der Waals surface area contributed by atoms with Gasteiger partial charge in [0.1, 0.15) is 0 Å². The lowest BCUT2D eigenvalue weighted by molar-refractivity contribution is -0.131. The lowest BCUT2D eigenvalue weighted by atomic mass is 10.1. The van der Waals surface area contributed by atoms with Crippen LogP contribution in [0.2, 0.25) is 0 Å². The zero-order chi connectivity index (χ0) is 13.7. The Morgan fingerprint density at radius 2 is 1.89 bits per heavy atom. The highest BCUT2D eigenvalue weighted by Gasteiger charge is 2.25. The summed E-state index contributed by atoms with van der Waals surface area (Å²) in [7, 11) is 2.13. The number of rotatable bonds is 6. The molecular formula is C15H29N3O. The van der Waals surface area contributed by atoms with Crippen LogP contribution in [0.3, 0.4) is 0 Å². The largest absolute Gasteiger partial charge is 0.343 e. The molecule has 0 aromatic carbocycles. The first-order chi connectivity index (χ1) is 9.20. The van der Waals surface area contributed by atoms with Gasteiger partial charge in [-0.3, -0.25) is 4.79 Å². The van der Waals surface area contributed by atoms with E-state index in [1.54, 1.807) is 0 Å². The van der Waals surface area contributed by atoms with Gasteiger partial charge < -0.3 is 15.5 Å². The molecule has 19 heavy (non-hydrogen) atoms. The van der Waals surface area contributed by atoms with Crippen molar-refractivity contribution >= 4 is 5.91 Å². The SMILES string of the molecule is CN(CC1CCCC1)C(CN)CC(=O)N1CCCC1. The smallest absolute Gasteiger partial charge is 0.224 e. The van der Waals surface area contributed by atoms with Gasteiger partial charge in [0.2, 0.25) is 5.91 Å². The standard InChI is InChI=1S/C15H29N3O/c1-17(12-13-6-2-3-7-13)14(11-16)10-15(19)18-8-4-5-9-18/h13-14H,2-12,16H2,1H3. The van der Waals surface area contributed by atoms with Crippen molar-refractivity contribution in [2.75, 3.05) is 33.2 Å². The zero-order valence-electron chi connectivity index (χ0n) is 12.3. The number of carbonyl (C=O) groups excluding carboxylic acids is 1. The number of carbonyl (C=O) groups is 1. The Hall–Kier alpha value is -0.610. The van der Waals surface area contributed by atoms with Crippen LogP contribution in [0.4, 0.5) is 0 Å². The Morgan fingerprint density at radius 3 is 2.47 bits per heavy atom. The Bertz CT molecular complexity index is 283. The highest BCUT2D eigenvalue weighted by atomic mass is 16.2. The minimum atomic E-state index is 0.216. The highest BCUT2D eigenvalue weighted by molar-refractivity contribution is 5.77. The zero-order valence-corrected chi connectivity index (χ0v) is 12.3. The highest BCUT2D eigenvalue weighted by Crippen LogP contribution is 2.26. The number of nitrogens with zero attached hydrogens (tertiary/aromatic N) is 2. The molecule has 1 aliphatic heterocycles. The monoisotopic (exact) mass is 267 g/mol. The molecule has 2 rings (SSSR count). The van der Waals surface area contributed by atoms with Gasteiger partial charge in [-0.25, -0.2) is 0 Å². The Labute approximate surface area is 117 Å². The Morgan fingerprint density at radius 1 is 1.26 bits per heavy atom. The molecule has 2 N–H and O–H groups in total. The van der Waals surface area contributed by atoms with Gasteiger partial charge in [0.25, 0.3) is 0 Å². The van der Waals surface area contributed by atoms with Crippen LogP contribution in [0.1, 0.15) is 44.9 Å². The van der Waals surface area contributed by atoms with Crippen molar-refractivity contribution in [3.63, 3.8) is 0 Å². The summed E-state index contributed by atoms with van der Waals surface area (Å²) in [6.07, 6.45) is 8.37. The molecular weight excluding hydrogens is 238 g/mol. The van der Waals surface area contributed by atoms with E-state index >= 15 is 0 Å². The van der Waals surface area contributed by atoms with Crippen molar-refractivity contribution in [1.82, 2.24) is 9.80 Å². The molecule has 1 saturated heterocycles. The van der Waals surface area contributed by atoms with E-state index in [1.807, 2.05) is 4.90 Å². The number of hydrogen-bond donors (Lipinski definition) is 1. The van der Waals surface area contributed by atoms with Gasteiger partial charge in [-0.05, 0) is 38.6 Å². The second-order valence-corrected chi connectivity index (χ2v) is 6.27. The normalized spacial score (nSPS) is 22.4. The molecule has 110 valence electrons. The summed E-state index contributed by atoms with van der Waals surface area (Å²) in [5.41, 5.74) is 5.88. The third-order valence-electron chi connectivity index (χ3n) is 4.79. The Balaban J connectivity index is 1.78. The van der Waals surface area contributed by atoms with E-state index in [9.17, 15) is 4.79 Å². The van der Waals surface area contributed by atoms with Crippen molar-refractivity contribution in [2.24, 2.45) is 11.7 Å². The summed E-state index contributed by atoms with van der Waals surface area (Å²) in [6.45, 7) is 3.59. The molecule has 1 atom stereocenters. The lowest BCUT2D eigenvalue weighted by Crippen LogP contribution is -2.44. The Kier molecular flexibility index (Phi) is 5.64. The van der Waals surface area contributed by atoms with Crippen molar-refractivity contribution in [2.45, 2.75) is 51.0 Å². The third kappa shape index (κ3) is 4.18. The van der Waals surface area contributed by atoms with Crippen LogP contribution >= 0.6 is 0 Å². The molecule has 4 heteroatoms. The number of nitrogens with two attached hydrogens (primary N) is 1. The maximum Gasteiger partial charge on any atom is 0.224 e. The van der Waals surface area contributed by atoms with E-state index in [4.69, 9.17) is 5.73 Å². The van der Waals surface area contributed by atoms with Gasteiger partial charge >= 0.3 is 0 Å². The molecule has 0 radical (unpaired) electrons. The van der Waals surface area contributed by atoms with E-state index in [0.717, 1.165) is 38.4 Å². The van der Waals surface area contributed by atoms with E-state index in [2.05, 4.69) is 11.9 Å². The lowest BCUT2D eigenvalue weighted by Gasteiger charge is -2.30. The first kappa shape index (κ1) is 14.8. The molecule has 0 aromatic rings. The predicted octanol–water partition coefficient (Wildman–Crippen LogP) is 1.45. The third-order valence-corrected chi connectivity index (χ3v) is 4.79. The van der Waals surface area contributed by atoms with E-state index in [-0.39, 0.29) is 6.04 Å². The van der Waals surface area contributed by atoms with E-state index in [0.29, 0.717) is 18.9 Å². The molecule has 1 heterocycles. The maximum absolute atomic E-state index is 12.2. The van der Waals surface area contributed by atoms with Gasteiger partial charge in [0.15, 0.2) is 0 Å². The molecule has 1 unspecified atom stereocenters. The van der Waals surface area contributed by atoms with Crippen LogP contribution in [0.25, 0.3) is 0 Å². The minimum absolute atomic E-state index is 0.216. The van der Waals surface area contributed by atoms with E-state index in [1.165, 1.54) is 25.7 Å². The van der Waals surface area contributed by atoms with Gasteiger partial charge in [-0.15, -0.1) is 0 Å². The molecule has 0 spiro atoms. The molecule has 4 nitrogen and oxygen atoms in total. The maximum atomic E-state index is 12.2. The number of hydrogen-bond acceptors (Lipinski definition) is 3. The average molecular weight is 267 g/mol. The van der Waals surface area contributed by atoms with Crippen LogP contribution in [0.5, 0.6) is 0 Å². The van der Waals surface area contributed by atoms with Crippen molar-refractivity contribution < 1.29 is 4.79 Å². The van der Waals surface area contributed by atoms with Crippen molar-refractivity contribution in [3.8, 4) is 0 Å². The summed E-state index contributed by atoms with van der Waals surface area (Å²) in [5.74, 6) is 1.12. The fourth-order valence-electron chi connectivity index (χ4n) is 3.47. The van der Waals surface area contributed by atoms with Crippen LogP contribution < -0.4 is 5.73 Å². The van der Waals surface area contributed by atoms with Crippen molar-refractivity contribution in [3.05, 3.63) is 0 Å². The average Bonchev–Trinajstić information content (AvgIpc) is 3.07. The molecule has 1 saturated carbocycles. The summed E-state index contributed by atoms with van der Waals surface area (Å²) in [5, 5.41) is 0. The minimum Gasteiger partial charge on any atom is -0.343 e. The van der Waals surface area contributed by atoms with Gasteiger partial charge in [0.05, 0.1) is 0 Å². The van der Waals surface area contributed by atoms with Crippen molar-refractivity contribution in [1.29, 1.82) is 0 Å². The van der Waals surface area contributed by atoms with Crippen LogP contribution in [-0.2, 0) is 4.79 Å². The summed E-state index contributed by atoms with van der Waals surface area (Å²) in [4.78, 5) is 16.5. The van der Waals surface area contributed by atoms with Crippen LogP contribution in [0.15, 0.2) is 0 Å². The predicted molar refractivity (Wildman–Crippen MR) is 77.9 cm³/mol. The van der Waals surface area contributed by atoms with Crippen LogP contribution in [0, 0.1) is 5.92 Å². The molecule has 2 fully saturated rings. The molecule has 1 aliphatic carbocycles. The second kappa shape index (κ2) is 7.25. The van der Waals surface area contributed by atoms with Gasteiger partial charge in [0, 0.05) is 38.6 Å². The molecule has 0 aromatic heterocycles. The molecule has 1 amide bonds. The molecule has 0 bridgehead atoms. The quantitative estimate of drug-likeness (QED) is 0.792. The fraction of sp³-hybridized carbons (Fsp3) is 0.933. The first-order valence-corrected chi connectivity index (χ1v) is 7.88. The summed E-state index contributed by atoms with van der Waals surface area (Å²) >= 11 is 0. The van der Waals surface area contributed by atoms with E-state index < -0.39 is 0 Å². The summed E-state index contributed by atoms with van der Waals surface area (Å²) in [6, 6.07) is 0.216. The van der Waals surface area contributed by atoms with Gasteiger partial charge in [-0.2, -0.15) is 0 Å². The fourth-order valence-corrected chi connectivity index (χ4v) is 3.47. The molecule has 2 aliphatic rings. The number of likely N-dealkylation sites (tertiary alicyclic amines) is 1. The van der Waals surface area contributed by atoms with Gasteiger partial charge in [-0.1, -0.05) is 12.8 Å². The number of likely N-dealkylation sites (N-methyl/N-ethyl adjacent to an activating group) is 1. The topological polar surface area (TPSA) is 49.6 Å².